The number of hydrogen-bond donors (Lipinski definition) is 3. The van der Waals surface area contributed by atoms with E-state index in [0.29, 0.717) is 6.54 Å². The van der Waals surface area contributed by atoms with Crippen LogP contribution in [0.4, 0.5) is 4.79 Å². The third kappa shape index (κ3) is 11.2. The second-order valence-corrected chi connectivity index (χ2v) is 3.01. The number of carbonyl (C=O) groups excluding carboxylic acids is 1. The van der Waals surface area contributed by atoms with Gasteiger partial charge in [0, 0.05) is 26.2 Å². The minimum Gasteiger partial charge on any atom is -0.380 e. The zero-order valence-electron chi connectivity index (χ0n) is 8.84. The lowest BCUT2D eigenvalue weighted by Gasteiger charge is -2.05. The summed E-state index contributed by atoms with van der Waals surface area (Å²) in [6.07, 6.45) is 2.28. The smallest absolute Gasteiger partial charge is 0.312 e. The van der Waals surface area contributed by atoms with Gasteiger partial charge in [0.15, 0.2) is 0 Å². The van der Waals surface area contributed by atoms with Crippen LogP contribution in [0.25, 0.3) is 0 Å². The number of amides is 2. The predicted molar refractivity (Wildman–Crippen MR) is 56.2 cm³/mol. The van der Waals surface area contributed by atoms with E-state index in [1.54, 1.807) is 0 Å². The fraction of sp³-hybridized carbons (Fsp3) is 0.889. The molecule has 84 valence electrons. The second-order valence-electron chi connectivity index (χ2n) is 3.01. The van der Waals surface area contributed by atoms with Crippen molar-refractivity contribution in [2.45, 2.75) is 19.8 Å². The first-order valence-corrected chi connectivity index (χ1v) is 5.09. The molecule has 0 unspecified atom stereocenters. The summed E-state index contributed by atoms with van der Waals surface area (Å²) in [5, 5.41) is 5.61. The summed E-state index contributed by atoms with van der Waals surface area (Å²) >= 11 is 0. The van der Waals surface area contributed by atoms with Crippen molar-refractivity contribution in [3.63, 3.8) is 0 Å². The van der Waals surface area contributed by atoms with Gasteiger partial charge in [0.05, 0.1) is 6.61 Å². The van der Waals surface area contributed by atoms with Crippen LogP contribution in [0.3, 0.4) is 0 Å². The SMILES string of the molecule is CCCCOCCNCCNC(N)=O. The van der Waals surface area contributed by atoms with Gasteiger partial charge in [0.2, 0.25) is 0 Å². The molecule has 0 aromatic rings. The van der Waals surface area contributed by atoms with Gasteiger partial charge in [-0.1, -0.05) is 13.3 Å². The number of unbranched alkanes of at least 4 members (excludes halogenated alkanes) is 1. The normalized spacial score (nSPS) is 10.1. The molecule has 0 bridgehead atoms. The quantitative estimate of drug-likeness (QED) is 0.464. The van der Waals surface area contributed by atoms with Crippen molar-refractivity contribution in [1.82, 2.24) is 10.6 Å². The van der Waals surface area contributed by atoms with Crippen LogP contribution in [0.2, 0.25) is 0 Å². The van der Waals surface area contributed by atoms with Gasteiger partial charge >= 0.3 is 6.03 Å². The van der Waals surface area contributed by atoms with Crippen LogP contribution in [0, 0.1) is 0 Å². The predicted octanol–water partition coefficient (Wildman–Crippen LogP) is 0.0610. The molecule has 0 radical (unpaired) electrons. The third-order valence-corrected chi connectivity index (χ3v) is 1.67. The molecule has 14 heavy (non-hydrogen) atoms. The summed E-state index contributed by atoms with van der Waals surface area (Å²) in [5.41, 5.74) is 4.89. The van der Waals surface area contributed by atoms with Crippen molar-refractivity contribution in [1.29, 1.82) is 0 Å². The topological polar surface area (TPSA) is 76.4 Å². The van der Waals surface area contributed by atoms with E-state index in [1.165, 1.54) is 0 Å². The van der Waals surface area contributed by atoms with E-state index in [9.17, 15) is 4.79 Å². The number of ether oxygens (including phenoxy) is 1. The van der Waals surface area contributed by atoms with Crippen LogP contribution < -0.4 is 16.4 Å². The molecule has 0 saturated carbocycles. The van der Waals surface area contributed by atoms with E-state index in [-0.39, 0.29) is 0 Å². The maximum atomic E-state index is 10.3. The third-order valence-electron chi connectivity index (χ3n) is 1.67. The molecule has 2 amide bonds. The van der Waals surface area contributed by atoms with Crippen LogP contribution >= 0.6 is 0 Å². The number of nitrogens with one attached hydrogen (secondary N) is 2. The van der Waals surface area contributed by atoms with Gasteiger partial charge in [-0.3, -0.25) is 0 Å². The Hall–Kier alpha value is -0.810. The van der Waals surface area contributed by atoms with Crippen molar-refractivity contribution in [2.24, 2.45) is 5.73 Å². The van der Waals surface area contributed by atoms with Gasteiger partial charge in [-0.15, -0.1) is 0 Å². The summed E-state index contributed by atoms with van der Waals surface area (Å²) in [4.78, 5) is 10.3. The molecule has 4 N–H and O–H groups in total. The largest absolute Gasteiger partial charge is 0.380 e. The molecule has 0 aromatic carbocycles. The Morgan fingerprint density at radius 3 is 2.71 bits per heavy atom. The molecule has 5 nitrogen and oxygen atoms in total. The molecule has 0 aliphatic rings. The van der Waals surface area contributed by atoms with Crippen LogP contribution in [0.1, 0.15) is 19.8 Å². The van der Waals surface area contributed by atoms with E-state index in [4.69, 9.17) is 10.5 Å². The Morgan fingerprint density at radius 2 is 2.07 bits per heavy atom. The van der Waals surface area contributed by atoms with Gasteiger partial charge in [-0.2, -0.15) is 0 Å². The summed E-state index contributed by atoms with van der Waals surface area (Å²) in [6, 6.07) is -0.481. The number of hydrogen-bond acceptors (Lipinski definition) is 3. The summed E-state index contributed by atoms with van der Waals surface area (Å²) in [7, 11) is 0. The lowest BCUT2D eigenvalue weighted by molar-refractivity contribution is 0.133. The average Bonchev–Trinajstić information content (AvgIpc) is 2.15. The molecule has 0 aliphatic carbocycles. The Balaban J connectivity index is 2.88. The molecular formula is C9H21N3O2. The molecule has 0 aliphatic heterocycles. The van der Waals surface area contributed by atoms with Crippen molar-refractivity contribution in [3.05, 3.63) is 0 Å². The number of carbonyl (C=O) groups is 1. The maximum Gasteiger partial charge on any atom is 0.312 e. The summed E-state index contributed by atoms with van der Waals surface area (Å²) in [5.74, 6) is 0. The lowest BCUT2D eigenvalue weighted by atomic mass is 10.4. The molecule has 0 heterocycles. The average molecular weight is 203 g/mol. The highest BCUT2D eigenvalue weighted by Crippen LogP contribution is 1.86. The van der Waals surface area contributed by atoms with Gasteiger partial charge < -0.3 is 21.1 Å². The van der Waals surface area contributed by atoms with Gasteiger partial charge in [-0.05, 0) is 6.42 Å². The summed E-state index contributed by atoms with van der Waals surface area (Å²) < 4.78 is 5.33. The monoisotopic (exact) mass is 203 g/mol. The molecule has 0 rings (SSSR count). The van der Waals surface area contributed by atoms with Crippen LogP contribution in [0.5, 0.6) is 0 Å². The zero-order valence-corrected chi connectivity index (χ0v) is 8.84. The standard InChI is InChI=1S/C9H21N3O2/c1-2-3-7-14-8-6-11-4-5-12-9(10)13/h11H,2-8H2,1H3,(H3,10,12,13). The van der Waals surface area contributed by atoms with E-state index in [1.807, 2.05) is 0 Å². The van der Waals surface area contributed by atoms with Gasteiger partial charge in [0.25, 0.3) is 0 Å². The first kappa shape index (κ1) is 13.2. The minimum absolute atomic E-state index is 0.481. The maximum absolute atomic E-state index is 10.3. The fourth-order valence-corrected chi connectivity index (χ4v) is 0.892. The fourth-order valence-electron chi connectivity index (χ4n) is 0.892. The molecule has 0 atom stereocenters. The van der Waals surface area contributed by atoms with E-state index in [2.05, 4.69) is 17.6 Å². The highest BCUT2D eigenvalue weighted by molar-refractivity contribution is 5.71. The molecule has 0 fully saturated rings. The van der Waals surface area contributed by atoms with Crippen molar-refractivity contribution in [2.75, 3.05) is 32.8 Å². The molecular weight excluding hydrogens is 182 g/mol. The van der Waals surface area contributed by atoms with Gasteiger partial charge in [0.1, 0.15) is 0 Å². The Kier molecular flexibility index (Phi) is 9.68. The number of rotatable bonds is 9. The van der Waals surface area contributed by atoms with Crippen molar-refractivity contribution in [3.8, 4) is 0 Å². The van der Waals surface area contributed by atoms with E-state index >= 15 is 0 Å². The molecule has 0 saturated heterocycles. The minimum atomic E-state index is -0.481. The zero-order chi connectivity index (χ0) is 10.6. The lowest BCUT2D eigenvalue weighted by Crippen LogP contribution is -2.36. The van der Waals surface area contributed by atoms with E-state index in [0.717, 1.165) is 39.1 Å². The Labute approximate surface area is 85.4 Å². The van der Waals surface area contributed by atoms with Crippen molar-refractivity contribution < 1.29 is 9.53 Å². The molecule has 5 heteroatoms. The number of nitrogens with two attached hydrogens (primary N) is 1. The second kappa shape index (κ2) is 10.3. The highest BCUT2D eigenvalue weighted by atomic mass is 16.5. The first-order valence-electron chi connectivity index (χ1n) is 5.09. The van der Waals surface area contributed by atoms with Crippen LogP contribution in [-0.4, -0.2) is 38.9 Å². The van der Waals surface area contributed by atoms with Crippen molar-refractivity contribution >= 4 is 6.03 Å². The number of primary amides is 1. The highest BCUT2D eigenvalue weighted by Gasteiger charge is 1.91. The summed E-state index contributed by atoms with van der Waals surface area (Å²) in [6.45, 7) is 5.78. The van der Waals surface area contributed by atoms with Crippen LogP contribution in [0.15, 0.2) is 0 Å². The van der Waals surface area contributed by atoms with Crippen LogP contribution in [-0.2, 0) is 4.74 Å². The Bertz CT molecular complexity index is 142. The molecule has 0 spiro atoms. The first-order chi connectivity index (χ1) is 6.77. The number of urea groups is 1. The molecule has 0 aromatic heterocycles. The Morgan fingerprint density at radius 1 is 1.29 bits per heavy atom. The van der Waals surface area contributed by atoms with E-state index < -0.39 is 6.03 Å². The van der Waals surface area contributed by atoms with Gasteiger partial charge in [-0.25, -0.2) is 4.79 Å².